The largest absolute Gasteiger partial charge is 0.379 e. The zero-order chi connectivity index (χ0) is 9.43. The second-order valence-corrected chi connectivity index (χ2v) is 5.00. The van der Waals surface area contributed by atoms with Crippen molar-refractivity contribution in [2.75, 3.05) is 32.8 Å². The minimum Gasteiger partial charge on any atom is -0.379 e. The molecular formula is C11H20N2O. The molecule has 1 unspecified atom stereocenters. The Morgan fingerprint density at radius 3 is 3.21 bits per heavy atom. The van der Waals surface area contributed by atoms with Gasteiger partial charge >= 0.3 is 0 Å². The molecule has 0 saturated carbocycles. The molecule has 80 valence electrons. The fourth-order valence-electron chi connectivity index (χ4n) is 3.45. The van der Waals surface area contributed by atoms with Crippen LogP contribution in [0.4, 0.5) is 0 Å². The van der Waals surface area contributed by atoms with E-state index in [9.17, 15) is 0 Å². The normalized spacial score (nSPS) is 44.1. The van der Waals surface area contributed by atoms with Crippen molar-refractivity contribution in [3.63, 3.8) is 0 Å². The summed E-state index contributed by atoms with van der Waals surface area (Å²) >= 11 is 0. The van der Waals surface area contributed by atoms with Crippen molar-refractivity contribution in [3.05, 3.63) is 0 Å². The van der Waals surface area contributed by atoms with Crippen LogP contribution in [-0.4, -0.2) is 49.3 Å². The van der Waals surface area contributed by atoms with Crippen molar-refractivity contribution in [2.24, 2.45) is 0 Å². The highest BCUT2D eigenvalue weighted by atomic mass is 16.5. The fourth-order valence-corrected chi connectivity index (χ4v) is 3.45. The van der Waals surface area contributed by atoms with E-state index in [2.05, 4.69) is 10.2 Å². The van der Waals surface area contributed by atoms with E-state index in [4.69, 9.17) is 4.74 Å². The summed E-state index contributed by atoms with van der Waals surface area (Å²) in [6.45, 7) is 5.57. The molecule has 3 aliphatic heterocycles. The molecule has 3 aliphatic rings. The van der Waals surface area contributed by atoms with Gasteiger partial charge < -0.3 is 10.1 Å². The summed E-state index contributed by atoms with van der Waals surface area (Å²) in [7, 11) is 0. The highest BCUT2D eigenvalue weighted by molar-refractivity contribution is 5.03. The molecule has 0 aromatic heterocycles. The van der Waals surface area contributed by atoms with E-state index < -0.39 is 0 Å². The number of nitrogens with one attached hydrogen (secondary N) is 1. The molecule has 0 bridgehead atoms. The van der Waals surface area contributed by atoms with Crippen LogP contribution in [0.25, 0.3) is 0 Å². The maximum atomic E-state index is 5.69. The Labute approximate surface area is 85.8 Å². The fraction of sp³-hybridized carbons (Fsp3) is 1.00. The molecule has 3 saturated heterocycles. The zero-order valence-electron chi connectivity index (χ0n) is 8.80. The minimum absolute atomic E-state index is 0.359. The molecular weight excluding hydrogens is 176 g/mol. The van der Waals surface area contributed by atoms with Gasteiger partial charge in [-0.15, -0.1) is 0 Å². The Hall–Kier alpha value is -0.120. The van der Waals surface area contributed by atoms with Gasteiger partial charge in [0.2, 0.25) is 0 Å². The molecule has 3 heteroatoms. The van der Waals surface area contributed by atoms with E-state index in [1.807, 2.05) is 0 Å². The van der Waals surface area contributed by atoms with E-state index in [1.165, 1.54) is 38.8 Å². The number of ether oxygens (including phenoxy) is 1. The summed E-state index contributed by atoms with van der Waals surface area (Å²) in [5.41, 5.74) is 0.359. The molecule has 1 N–H and O–H groups in total. The summed E-state index contributed by atoms with van der Waals surface area (Å²) < 4.78 is 5.69. The van der Waals surface area contributed by atoms with Crippen molar-refractivity contribution in [1.82, 2.24) is 10.2 Å². The van der Waals surface area contributed by atoms with Crippen molar-refractivity contribution in [2.45, 2.75) is 37.3 Å². The standard InChI is InChI=1S/C11H20N2O/c1-3-10-7-12-8-11(13(10)5-1)4-2-6-14-9-11/h10,12H,1-9H2/t10-,11?/m1/s1. The lowest BCUT2D eigenvalue weighted by molar-refractivity contribution is -0.0683. The maximum absolute atomic E-state index is 5.69. The third-order valence-electron chi connectivity index (χ3n) is 4.12. The van der Waals surface area contributed by atoms with Gasteiger partial charge in [-0.05, 0) is 32.2 Å². The van der Waals surface area contributed by atoms with Crippen molar-refractivity contribution in [3.8, 4) is 0 Å². The van der Waals surface area contributed by atoms with Gasteiger partial charge in [0.1, 0.15) is 0 Å². The van der Waals surface area contributed by atoms with Crippen LogP contribution in [0, 0.1) is 0 Å². The van der Waals surface area contributed by atoms with Crippen LogP contribution in [-0.2, 0) is 4.74 Å². The molecule has 1 spiro atoms. The Morgan fingerprint density at radius 2 is 2.36 bits per heavy atom. The van der Waals surface area contributed by atoms with Crippen LogP contribution in [0.2, 0.25) is 0 Å². The summed E-state index contributed by atoms with van der Waals surface area (Å²) in [4.78, 5) is 2.74. The third kappa shape index (κ3) is 1.30. The Bertz CT molecular complexity index is 208. The molecule has 0 aliphatic carbocycles. The van der Waals surface area contributed by atoms with Crippen LogP contribution >= 0.6 is 0 Å². The first-order valence-corrected chi connectivity index (χ1v) is 5.96. The lowest BCUT2D eigenvalue weighted by Crippen LogP contribution is -2.66. The smallest absolute Gasteiger partial charge is 0.0662 e. The predicted octanol–water partition coefficient (Wildman–Crippen LogP) is 0.603. The van der Waals surface area contributed by atoms with Gasteiger partial charge in [0, 0.05) is 25.7 Å². The van der Waals surface area contributed by atoms with Gasteiger partial charge in [-0.1, -0.05) is 0 Å². The van der Waals surface area contributed by atoms with Crippen LogP contribution < -0.4 is 5.32 Å². The molecule has 0 aromatic rings. The molecule has 3 heterocycles. The van der Waals surface area contributed by atoms with Crippen LogP contribution in [0.3, 0.4) is 0 Å². The molecule has 3 nitrogen and oxygen atoms in total. The quantitative estimate of drug-likeness (QED) is 0.614. The molecule has 14 heavy (non-hydrogen) atoms. The average Bonchev–Trinajstić information content (AvgIpc) is 2.69. The second kappa shape index (κ2) is 3.47. The Balaban J connectivity index is 1.81. The van der Waals surface area contributed by atoms with Crippen LogP contribution in [0.5, 0.6) is 0 Å². The second-order valence-electron chi connectivity index (χ2n) is 5.00. The molecule has 2 atom stereocenters. The molecule has 0 aromatic carbocycles. The predicted molar refractivity (Wildman–Crippen MR) is 55.4 cm³/mol. The van der Waals surface area contributed by atoms with Gasteiger partial charge in [-0.25, -0.2) is 0 Å². The summed E-state index contributed by atoms with van der Waals surface area (Å²) in [5, 5.41) is 3.60. The Morgan fingerprint density at radius 1 is 1.36 bits per heavy atom. The zero-order valence-corrected chi connectivity index (χ0v) is 8.80. The summed E-state index contributed by atoms with van der Waals surface area (Å²) in [6.07, 6.45) is 5.34. The van der Waals surface area contributed by atoms with Crippen LogP contribution in [0.1, 0.15) is 25.7 Å². The van der Waals surface area contributed by atoms with E-state index in [0.29, 0.717) is 5.54 Å². The first kappa shape index (κ1) is 9.13. The number of fused-ring (bicyclic) bond motifs is 2. The SMILES string of the molecule is C1C[C@@H]2CNCC3(CCCOC3)N2C1. The Kier molecular flexibility index (Phi) is 2.26. The van der Waals surface area contributed by atoms with E-state index in [1.54, 1.807) is 0 Å². The third-order valence-corrected chi connectivity index (χ3v) is 4.12. The molecule has 3 rings (SSSR count). The lowest BCUT2D eigenvalue weighted by atomic mass is 9.87. The van der Waals surface area contributed by atoms with Gasteiger partial charge in [-0.2, -0.15) is 0 Å². The highest BCUT2D eigenvalue weighted by Gasteiger charge is 2.46. The minimum atomic E-state index is 0.359. The van der Waals surface area contributed by atoms with E-state index in [-0.39, 0.29) is 0 Å². The average molecular weight is 196 g/mol. The number of hydrogen-bond acceptors (Lipinski definition) is 3. The maximum Gasteiger partial charge on any atom is 0.0662 e. The summed E-state index contributed by atoms with van der Waals surface area (Å²) in [6, 6.07) is 0.797. The van der Waals surface area contributed by atoms with Crippen molar-refractivity contribution < 1.29 is 4.74 Å². The van der Waals surface area contributed by atoms with Gasteiger partial charge in [0.25, 0.3) is 0 Å². The van der Waals surface area contributed by atoms with Crippen molar-refractivity contribution >= 4 is 0 Å². The molecule has 0 amide bonds. The van der Waals surface area contributed by atoms with E-state index >= 15 is 0 Å². The number of rotatable bonds is 0. The van der Waals surface area contributed by atoms with E-state index in [0.717, 1.165) is 25.8 Å². The molecule has 3 fully saturated rings. The van der Waals surface area contributed by atoms with Gasteiger partial charge in [0.15, 0.2) is 0 Å². The topological polar surface area (TPSA) is 24.5 Å². The van der Waals surface area contributed by atoms with Gasteiger partial charge in [-0.3, -0.25) is 4.90 Å². The lowest BCUT2D eigenvalue weighted by Gasteiger charge is -2.50. The highest BCUT2D eigenvalue weighted by Crippen LogP contribution is 2.34. The summed E-state index contributed by atoms with van der Waals surface area (Å²) in [5.74, 6) is 0. The van der Waals surface area contributed by atoms with Crippen LogP contribution in [0.15, 0.2) is 0 Å². The number of nitrogens with zero attached hydrogens (tertiary/aromatic N) is 1. The first-order chi connectivity index (χ1) is 6.91. The van der Waals surface area contributed by atoms with Gasteiger partial charge in [0.05, 0.1) is 12.1 Å². The van der Waals surface area contributed by atoms with Crippen molar-refractivity contribution in [1.29, 1.82) is 0 Å². The monoisotopic (exact) mass is 196 g/mol. The number of hydrogen-bond donors (Lipinski definition) is 1. The number of piperazine rings is 1. The molecule has 0 radical (unpaired) electrons. The first-order valence-electron chi connectivity index (χ1n) is 5.96.